The maximum atomic E-state index is 11.5. The second kappa shape index (κ2) is 8.22. The van der Waals surface area contributed by atoms with Crippen molar-refractivity contribution in [2.45, 2.75) is 32.8 Å². The number of phenols is 1. The fourth-order valence-corrected chi connectivity index (χ4v) is 1.78. The molecule has 2 N–H and O–H groups in total. The van der Waals surface area contributed by atoms with Gasteiger partial charge in [0.25, 0.3) is 0 Å². The normalized spacial score (nSPS) is 11.3. The lowest BCUT2D eigenvalue weighted by atomic mass is 10.1. The third kappa shape index (κ3) is 6.42. The highest BCUT2D eigenvalue weighted by molar-refractivity contribution is 5.79. The Labute approximate surface area is 136 Å². The first kappa shape index (κ1) is 18.5. The topological polar surface area (TPSA) is 84.9 Å². The molecule has 0 aliphatic rings. The first-order valence-electron chi connectivity index (χ1n) is 7.26. The van der Waals surface area contributed by atoms with Gasteiger partial charge in [-0.3, -0.25) is 4.79 Å². The molecule has 0 aliphatic heterocycles. The van der Waals surface area contributed by atoms with E-state index in [4.69, 9.17) is 9.47 Å². The van der Waals surface area contributed by atoms with Crippen molar-refractivity contribution in [3.63, 3.8) is 0 Å². The Balaban J connectivity index is 2.58. The largest absolute Gasteiger partial charge is 0.504 e. The molecule has 0 heterocycles. The zero-order chi connectivity index (χ0) is 17.5. The number of aromatic hydroxyl groups is 1. The lowest BCUT2D eigenvalue weighted by molar-refractivity contribution is 0.0528. The van der Waals surface area contributed by atoms with Crippen molar-refractivity contribution in [1.29, 1.82) is 0 Å². The average Bonchev–Trinajstić information content (AvgIpc) is 2.46. The van der Waals surface area contributed by atoms with Crippen LogP contribution >= 0.6 is 0 Å². The molecule has 0 bridgehead atoms. The van der Waals surface area contributed by atoms with Crippen LogP contribution in [-0.4, -0.2) is 36.7 Å². The van der Waals surface area contributed by atoms with E-state index in [0.717, 1.165) is 0 Å². The minimum absolute atomic E-state index is 0.0329. The van der Waals surface area contributed by atoms with Crippen LogP contribution in [0.3, 0.4) is 0 Å². The van der Waals surface area contributed by atoms with E-state index in [1.54, 1.807) is 39.0 Å². The zero-order valence-corrected chi connectivity index (χ0v) is 13.9. The third-order valence-corrected chi connectivity index (χ3v) is 2.76. The van der Waals surface area contributed by atoms with Crippen molar-refractivity contribution >= 4 is 18.5 Å². The van der Waals surface area contributed by atoms with Gasteiger partial charge >= 0.3 is 6.09 Å². The van der Waals surface area contributed by atoms with Crippen molar-refractivity contribution < 1.29 is 24.2 Å². The van der Waals surface area contributed by atoms with Crippen LogP contribution in [0.4, 0.5) is 4.79 Å². The van der Waals surface area contributed by atoms with Crippen LogP contribution in [0, 0.1) is 0 Å². The van der Waals surface area contributed by atoms with E-state index in [-0.39, 0.29) is 11.5 Å². The van der Waals surface area contributed by atoms with E-state index in [0.29, 0.717) is 30.4 Å². The summed E-state index contributed by atoms with van der Waals surface area (Å²) in [6.45, 7) is 5.78. The van der Waals surface area contributed by atoms with Gasteiger partial charge in [0.15, 0.2) is 11.5 Å². The van der Waals surface area contributed by atoms with E-state index in [1.165, 1.54) is 13.2 Å². The minimum atomic E-state index is -0.530. The highest BCUT2D eigenvalue weighted by Crippen LogP contribution is 2.31. The quantitative estimate of drug-likeness (QED) is 0.621. The average molecular weight is 321 g/mol. The number of amides is 1. The first-order chi connectivity index (χ1) is 10.8. The molecule has 1 rings (SSSR count). The summed E-state index contributed by atoms with van der Waals surface area (Å²) in [5, 5.41) is 12.6. The molecule has 1 aromatic carbocycles. The molecule has 0 radical (unpaired) electrons. The van der Waals surface area contributed by atoms with E-state index < -0.39 is 11.7 Å². The molecular formula is C17H23NO5. The Hall–Kier alpha value is -2.50. The van der Waals surface area contributed by atoms with Gasteiger partial charge in [-0.25, -0.2) is 4.79 Å². The summed E-state index contributed by atoms with van der Waals surface area (Å²) in [5.74, 6) is 0.204. The number of ether oxygens (including phenoxy) is 2. The summed E-state index contributed by atoms with van der Waals surface area (Å²) < 4.78 is 10.1. The minimum Gasteiger partial charge on any atom is -0.504 e. The molecule has 1 amide bonds. The number of phenolic OH excluding ortho intramolecular Hbond substituents is 1. The van der Waals surface area contributed by atoms with Crippen molar-refractivity contribution in [2.75, 3.05) is 13.7 Å². The van der Waals surface area contributed by atoms with Crippen LogP contribution in [0.2, 0.25) is 0 Å². The molecule has 0 saturated heterocycles. The SMILES string of the molecule is COc1cc(C=O)cc(C=CCCNC(=O)OC(C)(C)C)c1O. The lowest BCUT2D eigenvalue weighted by Crippen LogP contribution is -2.32. The first-order valence-corrected chi connectivity index (χ1v) is 7.26. The fraction of sp³-hybridized carbons (Fsp3) is 0.412. The zero-order valence-electron chi connectivity index (χ0n) is 13.9. The molecule has 0 fully saturated rings. The Kier molecular flexibility index (Phi) is 6.63. The number of benzene rings is 1. The van der Waals surface area contributed by atoms with Crippen LogP contribution < -0.4 is 10.1 Å². The number of carbonyl (C=O) groups excluding carboxylic acids is 2. The van der Waals surface area contributed by atoms with E-state index in [9.17, 15) is 14.7 Å². The number of nitrogens with one attached hydrogen (secondary N) is 1. The number of carbonyl (C=O) groups is 2. The number of methoxy groups -OCH3 is 1. The number of hydrogen-bond donors (Lipinski definition) is 2. The van der Waals surface area contributed by atoms with Crippen molar-refractivity contribution in [3.05, 3.63) is 29.3 Å². The highest BCUT2D eigenvalue weighted by atomic mass is 16.6. The summed E-state index contributed by atoms with van der Waals surface area (Å²) in [4.78, 5) is 22.3. The molecule has 1 aromatic rings. The molecule has 0 spiro atoms. The van der Waals surface area contributed by atoms with Gasteiger partial charge in [0, 0.05) is 17.7 Å². The van der Waals surface area contributed by atoms with Crippen LogP contribution in [-0.2, 0) is 4.74 Å². The number of alkyl carbamates (subject to hydrolysis) is 1. The van der Waals surface area contributed by atoms with Gasteiger partial charge in [-0.15, -0.1) is 0 Å². The van der Waals surface area contributed by atoms with Crippen LogP contribution in [0.15, 0.2) is 18.2 Å². The number of hydrogen-bond acceptors (Lipinski definition) is 5. The highest BCUT2D eigenvalue weighted by Gasteiger charge is 2.15. The van der Waals surface area contributed by atoms with Crippen molar-refractivity contribution in [2.24, 2.45) is 0 Å². The predicted octanol–water partition coefficient (Wildman–Crippen LogP) is 3.14. The fourth-order valence-electron chi connectivity index (χ4n) is 1.78. The van der Waals surface area contributed by atoms with Crippen LogP contribution in [0.5, 0.6) is 11.5 Å². The Morgan fingerprint density at radius 1 is 1.35 bits per heavy atom. The van der Waals surface area contributed by atoms with Gasteiger partial charge in [-0.2, -0.15) is 0 Å². The van der Waals surface area contributed by atoms with Crippen molar-refractivity contribution in [1.82, 2.24) is 5.32 Å². The van der Waals surface area contributed by atoms with Gasteiger partial charge in [0.1, 0.15) is 11.9 Å². The molecular weight excluding hydrogens is 298 g/mol. The molecule has 23 heavy (non-hydrogen) atoms. The number of aldehydes is 1. The third-order valence-electron chi connectivity index (χ3n) is 2.76. The van der Waals surface area contributed by atoms with Crippen molar-refractivity contribution in [3.8, 4) is 11.5 Å². The number of rotatable bonds is 6. The second-order valence-corrected chi connectivity index (χ2v) is 5.90. The van der Waals surface area contributed by atoms with Gasteiger partial charge in [-0.05, 0) is 39.3 Å². The maximum Gasteiger partial charge on any atom is 0.407 e. The van der Waals surface area contributed by atoms with Crippen LogP contribution in [0.1, 0.15) is 43.1 Å². The lowest BCUT2D eigenvalue weighted by Gasteiger charge is -2.19. The molecule has 6 heteroatoms. The van der Waals surface area contributed by atoms with Gasteiger partial charge in [-0.1, -0.05) is 12.2 Å². The molecule has 0 atom stereocenters. The summed E-state index contributed by atoms with van der Waals surface area (Å²) in [5.41, 5.74) is 0.354. The standard InChI is InChI=1S/C17H23NO5/c1-17(2,3)23-16(21)18-8-6-5-7-13-9-12(11-19)10-14(22-4)15(13)20/h5,7,9-11,20H,6,8H2,1-4H3,(H,18,21). The van der Waals surface area contributed by atoms with Gasteiger partial charge in [0.05, 0.1) is 7.11 Å². The van der Waals surface area contributed by atoms with Crippen LogP contribution in [0.25, 0.3) is 6.08 Å². The Morgan fingerprint density at radius 3 is 2.61 bits per heavy atom. The maximum absolute atomic E-state index is 11.5. The molecule has 0 saturated carbocycles. The van der Waals surface area contributed by atoms with E-state index in [1.807, 2.05) is 0 Å². The van der Waals surface area contributed by atoms with E-state index >= 15 is 0 Å². The molecule has 0 aromatic heterocycles. The molecule has 126 valence electrons. The summed E-state index contributed by atoms with van der Waals surface area (Å²) >= 11 is 0. The Morgan fingerprint density at radius 2 is 2.04 bits per heavy atom. The smallest absolute Gasteiger partial charge is 0.407 e. The molecule has 0 aliphatic carbocycles. The second-order valence-electron chi connectivity index (χ2n) is 5.90. The predicted molar refractivity (Wildman–Crippen MR) is 87.9 cm³/mol. The summed E-state index contributed by atoms with van der Waals surface area (Å²) in [6, 6.07) is 3.02. The monoisotopic (exact) mass is 321 g/mol. The molecule has 0 unspecified atom stereocenters. The Bertz CT molecular complexity index is 587. The molecule has 6 nitrogen and oxygen atoms in total. The summed E-state index contributed by atoms with van der Waals surface area (Å²) in [7, 11) is 1.42. The van der Waals surface area contributed by atoms with E-state index in [2.05, 4.69) is 5.32 Å². The van der Waals surface area contributed by atoms with Gasteiger partial charge in [0.2, 0.25) is 0 Å². The summed E-state index contributed by atoms with van der Waals surface area (Å²) in [6.07, 6.45) is 4.20. The van der Waals surface area contributed by atoms with Gasteiger partial charge < -0.3 is 19.9 Å².